The second-order valence-electron chi connectivity index (χ2n) is 5.73. The molecule has 94 valence electrons. The number of nitrogens with zero attached hydrogens (tertiary/aromatic N) is 2. The minimum absolute atomic E-state index is 0.0511. The molecule has 1 unspecified atom stereocenters. The second kappa shape index (κ2) is 5.00. The van der Waals surface area contributed by atoms with Crippen LogP contribution in [0.5, 0.6) is 0 Å². The number of hydrogen-bond donors (Lipinski definition) is 2. The SMILES string of the molecule is CC(C)(C)c1cncc(NC2CCCNC2)n1. The first-order chi connectivity index (χ1) is 8.05. The third-order valence-corrected chi connectivity index (χ3v) is 3.05. The summed E-state index contributed by atoms with van der Waals surface area (Å²) in [6, 6.07) is 0.480. The lowest BCUT2D eigenvalue weighted by molar-refractivity contribution is 0.478. The van der Waals surface area contributed by atoms with E-state index in [-0.39, 0.29) is 5.41 Å². The van der Waals surface area contributed by atoms with Crippen molar-refractivity contribution >= 4 is 5.82 Å². The molecular formula is C13H22N4. The van der Waals surface area contributed by atoms with E-state index >= 15 is 0 Å². The molecule has 1 saturated heterocycles. The molecule has 17 heavy (non-hydrogen) atoms. The van der Waals surface area contributed by atoms with E-state index in [1.54, 1.807) is 0 Å². The molecule has 1 fully saturated rings. The Kier molecular flexibility index (Phi) is 3.62. The molecule has 1 aromatic rings. The highest BCUT2D eigenvalue weighted by Crippen LogP contribution is 2.20. The fraction of sp³-hybridized carbons (Fsp3) is 0.692. The number of rotatable bonds is 2. The van der Waals surface area contributed by atoms with E-state index < -0.39 is 0 Å². The van der Waals surface area contributed by atoms with Gasteiger partial charge < -0.3 is 10.6 Å². The fourth-order valence-electron chi connectivity index (χ4n) is 1.98. The predicted octanol–water partition coefficient (Wildman–Crippen LogP) is 1.94. The monoisotopic (exact) mass is 234 g/mol. The average Bonchev–Trinajstić information content (AvgIpc) is 2.29. The maximum absolute atomic E-state index is 4.64. The van der Waals surface area contributed by atoms with Gasteiger partial charge in [-0.3, -0.25) is 4.98 Å². The molecule has 4 heteroatoms. The number of nitrogens with one attached hydrogen (secondary N) is 2. The Labute approximate surface area is 103 Å². The van der Waals surface area contributed by atoms with Crippen molar-refractivity contribution in [3.63, 3.8) is 0 Å². The Hall–Kier alpha value is -1.16. The lowest BCUT2D eigenvalue weighted by Crippen LogP contribution is -2.38. The van der Waals surface area contributed by atoms with Crippen LogP contribution in [0.3, 0.4) is 0 Å². The summed E-state index contributed by atoms with van der Waals surface area (Å²) in [5.74, 6) is 0.895. The van der Waals surface area contributed by atoms with Crippen LogP contribution in [0.1, 0.15) is 39.3 Å². The first-order valence-electron chi connectivity index (χ1n) is 6.35. The van der Waals surface area contributed by atoms with Gasteiger partial charge in [-0.2, -0.15) is 0 Å². The van der Waals surface area contributed by atoms with Crippen LogP contribution in [0.4, 0.5) is 5.82 Å². The Morgan fingerprint density at radius 1 is 1.35 bits per heavy atom. The molecule has 1 aliphatic heterocycles. The number of anilines is 1. The topological polar surface area (TPSA) is 49.8 Å². The van der Waals surface area contributed by atoms with Gasteiger partial charge in [0, 0.05) is 24.2 Å². The molecule has 0 radical (unpaired) electrons. The van der Waals surface area contributed by atoms with E-state index in [1.807, 2.05) is 12.4 Å². The van der Waals surface area contributed by atoms with Gasteiger partial charge in [0.15, 0.2) is 0 Å². The summed E-state index contributed by atoms with van der Waals surface area (Å²) in [6.07, 6.45) is 6.09. The molecule has 0 bridgehead atoms. The van der Waals surface area contributed by atoms with E-state index in [4.69, 9.17) is 0 Å². The van der Waals surface area contributed by atoms with Crippen molar-refractivity contribution in [2.45, 2.75) is 45.1 Å². The summed E-state index contributed by atoms with van der Waals surface area (Å²) in [7, 11) is 0. The second-order valence-corrected chi connectivity index (χ2v) is 5.73. The maximum Gasteiger partial charge on any atom is 0.145 e. The molecule has 2 heterocycles. The normalized spacial score (nSPS) is 21.2. The zero-order valence-corrected chi connectivity index (χ0v) is 11.0. The third kappa shape index (κ3) is 3.40. The van der Waals surface area contributed by atoms with Gasteiger partial charge in [0.25, 0.3) is 0 Å². The van der Waals surface area contributed by atoms with Crippen LogP contribution in [-0.4, -0.2) is 29.1 Å². The highest BCUT2D eigenvalue weighted by Gasteiger charge is 2.18. The Bertz CT molecular complexity index is 364. The Morgan fingerprint density at radius 3 is 2.82 bits per heavy atom. The molecule has 4 nitrogen and oxygen atoms in total. The number of hydrogen-bond acceptors (Lipinski definition) is 4. The first-order valence-corrected chi connectivity index (χ1v) is 6.35. The van der Waals surface area contributed by atoms with Gasteiger partial charge in [0.2, 0.25) is 0 Å². The molecule has 1 aliphatic rings. The summed E-state index contributed by atoms with van der Waals surface area (Å²) in [5.41, 5.74) is 1.08. The molecule has 1 aromatic heterocycles. The fourth-order valence-corrected chi connectivity index (χ4v) is 1.98. The van der Waals surface area contributed by atoms with Gasteiger partial charge in [0.1, 0.15) is 5.82 Å². The highest BCUT2D eigenvalue weighted by molar-refractivity contribution is 5.34. The minimum Gasteiger partial charge on any atom is -0.365 e. The molecule has 2 N–H and O–H groups in total. The van der Waals surface area contributed by atoms with E-state index in [0.717, 1.165) is 24.6 Å². The summed E-state index contributed by atoms with van der Waals surface area (Å²) >= 11 is 0. The van der Waals surface area contributed by atoms with Crippen LogP contribution >= 0.6 is 0 Å². The third-order valence-electron chi connectivity index (χ3n) is 3.05. The van der Waals surface area contributed by atoms with Crippen molar-refractivity contribution in [1.82, 2.24) is 15.3 Å². The van der Waals surface area contributed by atoms with Crippen molar-refractivity contribution in [2.24, 2.45) is 0 Å². The zero-order chi connectivity index (χ0) is 12.3. The van der Waals surface area contributed by atoms with Crippen LogP contribution < -0.4 is 10.6 Å². The van der Waals surface area contributed by atoms with E-state index in [0.29, 0.717) is 6.04 Å². The standard InChI is InChI=1S/C13H22N4/c1-13(2,3)11-8-15-9-12(17-11)16-10-5-4-6-14-7-10/h8-10,14H,4-7H2,1-3H3,(H,16,17). The summed E-state index contributed by atoms with van der Waals surface area (Å²) in [6.45, 7) is 8.61. The highest BCUT2D eigenvalue weighted by atomic mass is 15.1. The first kappa shape index (κ1) is 12.3. The molecule has 0 amide bonds. The minimum atomic E-state index is 0.0511. The van der Waals surface area contributed by atoms with Gasteiger partial charge in [-0.15, -0.1) is 0 Å². The number of aromatic nitrogens is 2. The molecule has 2 rings (SSSR count). The lowest BCUT2D eigenvalue weighted by Gasteiger charge is -2.25. The van der Waals surface area contributed by atoms with Crippen molar-refractivity contribution in [3.05, 3.63) is 18.1 Å². The molecule has 0 aromatic carbocycles. The van der Waals surface area contributed by atoms with Crippen LogP contribution in [0, 0.1) is 0 Å². The summed E-state index contributed by atoms with van der Waals surface area (Å²) in [5, 5.41) is 6.85. The summed E-state index contributed by atoms with van der Waals surface area (Å²) < 4.78 is 0. The van der Waals surface area contributed by atoms with Crippen molar-refractivity contribution < 1.29 is 0 Å². The maximum atomic E-state index is 4.64. The van der Waals surface area contributed by atoms with E-state index in [2.05, 4.69) is 41.4 Å². The average molecular weight is 234 g/mol. The van der Waals surface area contributed by atoms with Crippen molar-refractivity contribution in [1.29, 1.82) is 0 Å². The van der Waals surface area contributed by atoms with Gasteiger partial charge in [-0.05, 0) is 19.4 Å². The van der Waals surface area contributed by atoms with Crippen LogP contribution in [0.25, 0.3) is 0 Å². The van der Waals surface area contributed by atoms with Gasteiger partial charge >= 0.3 is 0 Å². The van der Waals surface area contributed by atoms with Crippen LogP contribution in [-0.2, 0) is 5.41 Å². The molecule has 0 aliphatic carbocycles. The molecular weight excluding hydrogens is 212 g/mol. The van der Waals surface area contributed by atoms with Crippen molar-refractivity contribution in [3.8, 4) is 0 Å². The quantitative estimate of drug-likeness (QED) is 0.821. The molecule has 1 atom stereocenters. The predicted molar refractivity (Wildman–Crippen MR) is 70.2 cm³/mol. The van der Waals surface area contributed by atoms with Gasteiger partial charge in [0.05, 0.1) is 11.9 Å². The Balaban J connectivity index is 2.05. The zero-order valence-electron chi connectivity index (χ0n) is 11.0. The van der Waals surface area contributed by atoms with E-state index in [1.165, 1.54) is 12.8 Å². The van der Waals surface area contributed by atoms with Crippen molar-refractivity contribution in [2.75, 3.05) is 18.4 Å². The Morgan fingerprint density at radius 2 is 2.18 bits per heavy atom. The summed E-state index contributed by atoms with van der Waals surface area (Å²) in [4.78, 5) is 8.91. The van der Waals surface area contributed by atoms with Gasteiger partial charge in [-0.25, -0.2) is 4.98 Å². The largest absolute Gasteiger partial charge is 0.365 e. The van der Waals surface area contributed by atoms with Crippen LogP contribution in [0.15, 0.2) is 12.4 Å². The van der Waals surface area contributed by atoms with Crippen LogP contribution in [0.2, 0.25) is 0 Å². The molecule has 0 spiro atoms. The lowest BCUT2D eigenvalue weighted by atomic mass is 9.93. The van der Waals surface area contributed by atoms with Gasteiger partial charge in [-0.1, -0.05) is 20.8 Å². The smallest absolute Gasteiger partial charge is 0.145 e. The molecule has 0 saturated carbocycles. The number of piperidine rings is 1. The van der Waals surface area contributed by atoms with E-state index in [9.17, 15) is 0 Å².